The van der Waals surface area contributed by atoms with Crippen LogP contribution in [0.2, 0.25) is 0 Å². The van der Waals surface area contributed by atoms with Crippen LogP contribution >= 0.6 is 0 Å². The quantitative estimate of drug-likeness (QED) is 0.816. The summed E-state index contributed by atoms with van der Waals surface area (Å²) in [4.78, 5) is 0. The van der Waals surface area contributed by atoms with E-state index in [0.29, 0.717) is 5.92 Å². The molecule has 0 aliphatic heterocycles. The molecular weight excluding hydrogens is 258 g/mol. The first kappa shape index (κ1) is 15.7. The van der Waals surface area contributed by atoms with E-state index in [0.717, 1.165) is 18.5 Å². The summed E-state index contributed by atoms with van der Waals surface area (Å²) in [6, 6.07) is 20.6. The van der Waals surface area contributed by atoms with Gasteiger partial charge in [-0.05, 0) is 30.0 Å². The standard InChI is InChI=1S/C19H25NO/c1-16(2)14-20-19(15-21,18-11-7-4-8-12-18)13-17-9-5-3-6-10-17/h3-12,16,20-21H,13-15H2,1-2H3. The predicted octanol–water partition coefficient (Wildman–Crippen LogP) is 3.36. The second-order valence-corrected chi connectivity index (χ2v) is 6.04. The van der Waals surface area contributed by atoms with Gasteiger partial charge in [-0.3, -0.25) is 0 Å². The molecule has 0 heterocycles. The highest BCUT2D eigenvalue weighted by Gasteiger charge is 2.31. The lowest BCUT2D eigenvalue weighted by Gasteiger charge is -2.35. The molecule has 0 aromatic heterocycles. The summed E-state index contributed by atoms with van der Waals surface area (Å²) in [5.74, 6) is 0.537. The number of aliphatic hydroxyl groups is 1. The van der Waals surface area contributed by atoms with Crippen LogP contribution in [0, 0.1) is 5.92 Å². The van der Waals surface area contributed by atoms with Crippen LogP contribution in [0.5, 0.6) is 0 Å². The number of hydrogen-bond acceptors (Lipinski definition) is 2. The Morgan fingerprint density at radius 3 is 2.05 bits per heavy atom. The molecule has 0 bridgehead atoms. The van der Waals surface area contributed by atoms with Crippen LogP contribution in [0.15, 0.2) is 60.7 Å². The molecule has 0 spiro atoms. The molecule has 1 unspecified atom stereocenters. The van der Waals surface area contributed by atoms with E-state index < -0.39 is 5.54 Å². The van der Waals surface area contributed by atoms with Crippen LogP contribution in [-0.4, -0.2) is 18.3 Å². The zero-order valence-corrected chi connectivity index (χ0v) is 12.9. The van der Waals surface area contributed by atoms with E-state index in [1.54, 1.807) is 0 Å². The van der Waals surface area contributed by atoms with E-state index in [-0.39, 0.29) is 6.61 Å². The smallest absolute Gasteiger partial charge is 0.0709 e. The molecule has 21 heavy (non-hydrogen) atoms. The molecule has 0 radical (unpaired) electrons. The van der Waals surface area contributed by atoms with Gasteiger partial charge in [-0.25, -0.2) is 0 Å². The van der Waals surface area contributed by atoms with Crippen molar-refractivity contribution < 1.29 is 5.11 Å². The first-order valence-electron chi connectivity index (χ1n) is 7.61. The van der Waals surface area contributed by atoms with Gasteiger partial charge in [-0.1, -0.05) is 74.5 Å². The largest absolute Gasteiger partial charge is 0.394 e. The second-order valence-electron chi connectivity index (χ2n) is 6.04. The van der Waals surface area contributed by atoms with E-state index in [4.69, 9.17) is 0 Å². The lowest BCUT2D eigenvalue weighted by atomic mass is 9.84. The Labute approximate surface area is 127 Å². The van der Waals surface area contributed by atoms with Crippen molar-refractivity contribution in [3.63, 3.8) is 0 Å². The molecule has 2 aromatic carbocycles. The minimum absolute atomic E-state index is 0.0820. The van der Waals surface area contributed by atoms with Crippen LogP contribution in [0.3, 0.4) is 0 Å². The second kappa shape index (κ2) is 7.39. The predicted molar refractivity (Wildman–Crippen MR) is 88.2 cm³/mol. The number of nitrogens with one attached hydrogen (secondary N) is 1. The van der Waals surface area contributed by atoms with Gasteiger partial charge in [-0.2, -0.15) is 0 Å². The van der Waals surface area contributed by atoms with E-state index in [2.05, 4.69) is 43.4 Å². The van der Waals surface area contributed by atoms with Gasteiger partial charge >= 0.3 is 0 Å². The van der Waals surface area contributed by atoms with Crippen molar-refractivity contribution in [2.24, 2.45) is 5.92 Å². The summed E-state index contributed by atoms with van der Waals surface area (Å²) in [6.45, 7) is 5.33. The van der Waals surface area contributed by atoms with Crippen molar-refractivity contribution in [2.45, 2.75) is 25.8 Å². The van der Waals surface area contributed by atoms with Gasteiger partial charge in [0.05, 0.1) is 12.1 Å². The molecule has 2 heteroatoms. The maximum atomic E-state index is 10.1. The van der Waals surface area contributed by atoms with E-state index in [1.807, 2.05) is 36.4 Å². The number of rotatable bonds is 7. The maximum absolute atomic E-state index is 10.1. The molecule has 0 amide bonds. The zero-order valence-electron chi connectivity index (χ0n) is 12.9. The molecule has 0 aliphatic carbocycles. The fourth-order valence-electron chi connectivity index (χ4n) is 2.57. The Kier molecular flexibility index (Phi) is 5.54. The fraction of sp³-hybridized carbons (Fsp3) is 0.368. The Bertz CT molecular complexity index is 524. The van der Waals surface area contributed by atoms with Crippen molar-refractivity contribution in [3.8, 4) is 0 Å². The lowest BCUT2D eigenvalue weighted by Crippen LogP contribution is -2.48. The Morgan fingerprint density at radius 1 is 0.952 bits per heavy atom. The van der Waals surface area contributed by atoms with Crippen molar-refractivity contribution in [3.05, 3.63) is 71.8 Å². The summed E-state index contributed by atoms with van der Waals surface area (Å²) < 4.78 is 0. The molecule has 0 fully saturated rings. The maximum Gasteiger partial charge on any atom is 0.0709 e. The molecule has 2 aromatic rings. The first-order chi connectivity index (χ1) is 10.2. The van der Waals surface area contributed by atoms with Crippen LogP contribution < -0.4 is 5.32 Å². The SMILES string of the molecule is CC(C)CNC(CO)(Cc1ccccc1)c1ccccc1. The number of hydrogen-bond donors (Lipinski definition) is 2. The van der Waals surface area contributed by atoms with E-state index >= 15 is 0 Å². The van der Waals surface area contributed by atoms with Crippen LogP contribution in [-0.2, 0) is 12.0 Å². The monoisotopic (exact) mass is 283 g/mol. The highest BCUT2D eigenvalue weighted by Crippen LogP contribution is 2.26. The number of aliphatic hydroxyl groups excluding tert-OH is 1. The summed E-state index contributed by atoms with van der Waals surface area (Å²) in [6.07, 6.45) is 0.779. The minimum atomic E-state index is -0.424. The Hall–Kier alpha value is -1.64. The minimum Gasteiger partial charge on any atom is -0.394 e. The third-order valence-electron chi connectivity index (χ3n) is 3.79. The average Bonchev–Trinajstić information content (AvgIpc) is 2.53. The summed E-state index contributed by atoms with van der Waals surface area (Å²) >= 11 is 0. The van der Waals surface area contributed by atoms with Gasteiger partial charge in [0.2, 0.25) is 0 Å². The highest BCUT2D eigenvalue weighted by atomic mass is 16.3. The van der Waals surface area contributed by atoms with E-state index in [1.165, 1.54) is 5.56 Å². The molecule has 0 aliphatic rings. The topological polar surface area (TPSA) is 32.3 Å². The molecule has 1 atom stereocenters. The van der Waals surface area contributed by atoms with Crippen LogP contribution in [0.4, 0.5) is 0 Å². The normalized spacial score (nSPS) is 14.1. The lowest BCUT2D eigenvalue weighted by molar-refractivity contribution is 0.155. The van der Waals surface area contributed by atoms with Gasteiger partial charge in [0.1, 0.15) is 0 Å². The first-order valence-corrected chi connectivity index (χ1v) is 7.61. The van der Waals surface area contributed by atoms with Gasteiger partial charge in [0.25, 0.3) is 0 Å². The van der Waals surface area contributed by atoms with E-state index in [9.17, 15) is 5.11 Å². The van der Waals surface area contributed by atoms with Gasteiger partial charge in [-0.15, -0.1) is 0 Å². The van der Waals surface area contributed by atoms with Crippen molar-refractivity contribution in [2.75, 3.05) is 13.2 Å². The molecule has 0 saturated carbocycles. The average molecular weight is 283 g/mol. The Balaban J connectivity index is 2.32. The van der Waals surface area contributed by atoms with Crippen molar-refractivity contribution in [1.29, 1.82) is 0 Å². The summed E-state index contributed by atoms with van der Waals surface area (Å²) in [5.41, 5.74) is 1.94. The third kappa shape index (κ3) is 4.16. The molecule has 0 saturated heterocycles. The highest BCUT2D eigenvalue weighted by molar-refractivity contribution is 5.29. The molecule has 112 valence electrons. The third-order valence-corrected chi connectivity index (χ3v) is 3.79. The summed E-state index contributed by atoms with van der Waals surface area (Å²) in [5, 5.41) is 13.7. The number of benzene rings is 2. The molecular formula is C19H25NO. The van der Waals surface area contributed by atoms with Gasteiger partial charge in [0, 0.05) is 0 Å². The zero-order chi connectivity index (χ0) is 15.1. The van der Waals surface area contributed by atoms with Gasteiger partial charge < -0.3 is 10.4 Å². The van der Waals surface area contributed by atoms with Crippen molar-refractivity contribution in [1.82, 2.24) is 5.32 Å². The molecule has 2 rings (SSSR count). The fourth-order valence-corrected chi connectivity index (χ4v) is 2.57. The Morgan fingerprint density at radius 2 is 1.52 bits per heavy atom. The van der Waals surface area contributed by atoms with Crippen LogP contribution in [0.25, 0.3) is 0 Å². The molecule has 2 nitrogen and oxygen atoms in total. The molecule has 2 N–H and O–H groups in total. The van der Waals surface area contributed by atoms with Crippen LogP contribution in [0.1, 0.15) is 25.0 Å². The van der Waals surface area contributed by atoms with Gasteiger partial charge in [0.15, 0.2) is 0 Å². The summed E-state index contributed by atoms with van der Waals surface area (Å²) in [7, 11) is 0. The van der Waals surface area contributed by atoms with Crippen molar-refractivity contribution >= 4 is 0 Å².